The SMILES string of the molecule is CCC1c2nncn2-c2cnc(-n3ccnc3-c3ncco3)nc2N1C1CCCC1. The molecule has 4 aromatic rings. The molecule has 2 aliphatic rings. The molecule has 30 heavy (non-hydrogen) atoms. The fourth-order valence-corrected chi connectivity index (χ4v) is 4.71. The van der Waals surface area contributed by atoms with E-state index in [2.05, 4.69) is 37.0 Å². The van der Waals surface area contributed by atoms with Crippen molar-refractivity contribution in [2.24, 2.45) is 0 Å². The quantitative estimate of drug-likeness (QED) is 0.512. The van der Waals surface area contributed by atoms with Gasteiger partial charge in [-0.05, 0) is 19.3 Å². The molecule has 0 aromatic carbocycles. The molecule has 4 aromatic heterocycles. The van der Waals surface area contributed by atoms with E-state index in [9.17, 15) is 0 Å². The second kappa shape index (κ2) is 6.75. The molecule has 0 N–H and O–H groups in total. The van der Waals surface area contributed by atoms with E-state index in [1.54, 1.807) is 18.7 Å². The van der Waals surface area contributed by atoms with E-state index in [1.807, 2.05) is 21.5 Å². The van der Waals surface area contributed by atoms with E-state index < -0.39 is 0 Å². The molecule has 10 heteroatoms. The molecule has 6 rings (SSSR count). The van der Waals surface area contributed by atoms with Gasteiger partial charge in [0.25, 0.3) is 5.89 Å². The van der Waals surface area contributed by atoms with Crippen LogP contribution in [0.15, 0.2) is 41.8 Å². The maximum atomic E-state index is 5.44. The van der Waals surface area contributed by atoms with E-state index >= 15 is 0 Å². The Hall–Kier alpha value is -3.56. The fraction of sp³-hybridized carbons (Fsp3) is 0.400. The maximum Gasteiger partial charge on any atom is 0.263 e. The third-order valence-corrected chi connectivity index (χ3v) is 6.03. The fourth-order valence-electron chi connectivity index (χ4n) is 4.71. The number of aromatic nitrogens is 8. The number of imidazole rings is 1. The molecule has 0 spiro atoms. The number of oxazole rings is 1. The molecule has 0 amide bonds. The van der Waals surface area contributed by atoms with Crippen LogP contribution in [0.5, 0.6) is 0 Å². The minimum absolute atomic E-state index is 0.139. The van der Waals surface area contributed by atoms with Gasteiger partial charge >= 0.3 is 0 Å². The van der Waals surface area contributed by atoms with Gasteiger partial charge in [0.05, 0.1) is 18.4 Å². The van der Waals surface area contributed by atoms with Crippen molar-refractivity contribution in [1.29, 1.82) is 0 Å². The molecule has 1 unspecified atom stereocenters. The molecule has 1 saturated carbocycles. The maximum absolute atomic E-state index is 5.44. The molecule has 1 atom stereocenters. The summed E-state index contributed by atoms with van der Waals surface area (Å²) in [5.41, 5.74) is 0.910. The first-order valence-corrected chi connectivity index (χ1v) is 10.3. The molecule has 5 heterocycles. The van der Waals surface area contributed by atoms with Crippen LogP contribution >= 0.6 is 0 Å². The topological polar surface area (TPSA) is 104 Å². The highest BCUT2D eigenvalue weighted by Gasteiger charge is 2.38. The number of nitrogens with zero attached hydrogens (tertiary/aromatic N) is 9. The second-order valence-electron chi connectivity index (χ2n) is 7.67. The van der Waals surface area contributed by atoms with Gasteiger partial charge in [-0.15, -0.1) is 10.2 Å². The van der Waals surface area contributed by atoms with Crippen molar-refractivity contribution < 1.29 is 4.42 Å². The lowest BCUT2D eigenvalue weighted by atomic mass is 10.0. The predicted octanol–water partition coefficient (Wildman–Crippen LogP) is 3.11. The summed E-state index contributed by atoms with van der Waals surface area (Å²) in [4.78, 5) is 20.7. The largest absolute Gasteiger partial charge is 0.442 e. The molecular formula is C20H21N9O. The van der Waals surface area contributed by atoms with Gasteiger partial charge in [0, 0.05) is 18.4 Å². The van der Waals surface area contributed by atoms with Crippen molar-refractivity contribution in [1.82, 2.24) is 39.3 Å². The number of anilines is 1. The third-order valence-electron chi connectivity index (χ3n) is 6.03. The monoisotopic (exact) mass is 403 g/mol. The van der Waals surface area contributed by atoms with Gasteiger partial charge in [-0.25, -0.2) is 15.0 Å². The Balaban J connectivity index is 1.52. The summed E-state index contributed by atoms with van der Waals surface area (Å²) >= 11 is 0. The highest BCUT2D eigenvalue weighted by atomic mass is 16.3. The first kappa shape index (κ1) is 17.3. The van der Waals surface area contributed by atoms with Gasteiger partial charge in [-0.2, -0.15) is 4.98 Å². The highest BCUT2D eigenvalue weighted by Crippen LogP contribution is 2.42. The van der Waals surface area contributed by atoms with Crippen LogP contribution in [-0.4, -0.2) is 45.3 Å². The van der Waals surface area contributed by atoms with E-state index in [0.29, 0.717) is 23.7 Å². The van der Waals surface area contributed by atoms with Gasteiger partial charge in [-0.1, -0.05) is 19.8 Å². The molecule has 1 aliphatic carbocycles. The number of hydrogen-bond donors (Lipinski definition) is 0. The van der Waals surface area contributed by atoms with Gasteiger partial charge in [0.1, 0.15) is 18.3 Å². The Morgan fingerprint density at radius 2 is 2.00 bits per heavy atom. The van der Waals surface area contributed by atoms with Crippen LogP contribution in [0.1, 0.15) is 50.9 Å². The first-order valence-electron chi connectivity index (χ1n) is 10.3. The van der Waals surface area contributed by atoms with Crippen molar-refractivity contribution in [3.63, 3.8) is 0 Å². The molecule has 0 bridgehead atoms. The Bertz CT molecular complexity index is 1170. The standard InChI is InChI=1S/C20H21N9O/c1-2-14-17-26-24-12-28(17)15-11-23-20(25-16(15)29(14)13-5-3-4-6-13)27-9-7-21-18(27)19-22-8-10-30-19/h7-14H,2-6H2,1H3. The first-order chi connectivity index (χ1) is 14.8. The van der Waals surface area contributed by atoms with Gasteiger partial charge in [0.2, 0.25) is 11.8 Å². The van der Waals surface area contributed by atoms with Crippen molar-refractivity contribution >= 4 is 5.82 Å². The summed E-state index contributed by atoms with van der Waals surface area (Å²) in [7, 11) is 0. The molecule has 0 radical (unpaired) electrons. The van der Waals surface area contributed by atoms with Crippen molar-refractivity contribution in [2.75, 3.05) is 4.90 Å². The number of hydrogen-bond acceptors (Lipinski definition) is 8. The zero-order chi connectivity index (χ0) is 20.1. The number of rotatable bonds is 4. The van der Waals surface area contributed by atoms with E-state index in [1.165, 1.54) is 19.1 Å². The molecule has 10 nitrogen and oxygen atoms in total. The lowest BCUT2D eigenvalue weighted by molar-refractivity contribution is 0.468. The third kappa shape index (κ3) is 2.49. The van der Waals surface area contributed by atoms with Crippen LogP contribution < -0.4 is 4.90 Å². The van der Waals surface area contributed by atoms with Gasteiger partial charge in [-0.3, -0.25) is 9.13 Å². The number of fused-ring (bicyclic) bond motifs is 3. The van der Waals surface area contributed by atoms with Crippen molar-refractivity contribution in [3.8, 4) is 23.4 Å². The molecule has 0 saturated heterocycles. The lowest BCUT2D eigenvalue weighted by Crippen LogP contribution is -2.42. The Labute approximate surface area is 172 Å². The summed E-state index contributed by atoms with van der Waals surface area (Å²) in [6, 6.07) is 0.579. The summed E-state index contributed by atoms with van der Waals surface area (Å²) < 4.78 is 9.27. The van der Waals surface area contributed by atoms with Gasteiger partial charge < -0.3 is 9.32 Å². The van der Waals surface area contributed by atoms with Crippen molar-refractivity contribution in [2.45, 2.75) is 51.1 Å². The summed E-state index contributed by atoms with van der Waals surface area (Å²) in [5.74, 6) is 3.41. The highest BCUT2D eigenvalue weighted by molar-refractivity contribution is 5.63. The smallest absolute Gasteiger partial charge is 0.263 e. The van der Waals surface area contributed by atoms with E-state index in [4.69, 9.17) is 9.40 Å². The van der Waals surface area contributed by atoms with Crippen LogP contribution in [0.4, 0.5) is 5.82 Å². The Morgan fingerprint density at radius 3 is 2.80 bits per heavy atom. The normalized spacial score (nSPS) is 18.6. The average Bonchev–Trinajstić information content (AvgIpc) is 3.57. The van der Waals surface area contributed by atoms with Crippen LogP contribution in [0.3, 0.4) is 0 Å². The van der Waals surface area contributed by atoms with E-state index in [-0.39, 0.29) is 6.04 Å². The summed E-state index contributed by atoms with van der Waals surface area (Å²) in [6.45, 7) is 2.19. The lowest BCUT2D eigenvalue weighted by Gasteiger charge is -2.40. The summed E-state index contributed by atoms with van der Waals surface area (Å²) in [6.07, 6.45) is 16.0. The van der Waals surface area contributed by atoms with Crippen molar-refractivity contribution in [3.05, 3.63) is 43.2 Å². The minimum Gasteiger partial charge on any atom is -0.442 e. The van der Waals surface area contributed by atoms with E-state index in [0.717, 1.165) is 36.6 Å². The zero-order valence-corrected chi connectivity index (χ0v) is 16.6. The zero-order valence-electron chi connectivity index (χ0n) is 16.6. The minimum atomic E-state index is 0.139. The van der Waals surface area contributed by atoms with Crippen LogP contribution in [0, 0.1) is 0 Å². The molecule has 152 valence electrons. The molecule has 1 aliphatic heterocycles. The van der Waals surface area contributed by atoms with Crippen LogP contribution in [0.25, 0.3) is 23.4 Å². The average molecular weight is 403 g/mol. The predicted molar refractivity (Wildman–Crippen MR) is 107 cm³/mol. The van der Waals surface area contributed by atoms with Crippen LogP contribution in [0.2, 0.25) is 0 Å². The Morgan fingerprint density at radius 1 is 1.10 bits per heavy atom. The summed E-state index contributed by atoms with van der Waals surface area (Å²) in [5, 5.41) is 8.61. The second-order valence-corrected chi connectivity index (χ2v) is 7.67. The van der Waals surface area contributed by atoms with Gasteiger partial charge in [0.15, 0.2) is 11.6 Å². The Kier molecular flexibility index (Phi) is 3.90. The molecular weight excluding hydrogens is 382 g/mol. The molecule has 1 fully saturated rings. The van der Waals surface area contributed by atoms with Crippen LogP contribution in [-0.2, 0) is 0 Å².